The molecule has 0 saturated carbocycles. The quantitative estimate of drug-likeness (QED) is 0.441. The number of hydrogen-bond donors (Lipinski definition) is 2. The Balaban J connectivity index is 2.55. The molecule has 0 aromatic heterocycles. The maximum Gasteiger partial charge on any atom is 0.0655 e. The van der Waals surface area contributed by atoms with Crippen LogP contribution >= 0.6 is 0 Å². The lowest BCUT2D eigenvalue weighted by Crippen LogP contribution is -2.09. The minimum Gasteiger partial charge on any atom is -0.396 e. The van der Waals surface area contributed by atoms with Crippen molar-refractivity contribution in [3.05, 3.63) is 11.9 Å². The molecule has 0 bridgehead atoms. The fraction of sp³-hybridized carbons (Fsp3) is 0.400. The first-order chi connectivity index (χ1) is 3.89. The van der Waals surface area contributed by atoms with Gasteiger partial charge >= 0.3 is 0 Å². The van der Waals surface area contributed by atoms with Crippen LogP contribution in [0.2, 0.25) is 0 Å². The third kappa shape index (κ3) is 1.26. The predicted molar refractivity (Wildman–Crippen MR) is 33.6 cm³/mol. The highest BCUT2D eigenvalue weighted by atomic mass is 14.9. The summed E-state index contributed by atoms with van der Waals surface area (Å²) in [5.74, 6) is 0. The van der Waals surface area contributed by atoms with Crippen molar-refractivity contribution in [1.82, 2.24) is 5.32 Å². The topological polar surface area (TPSA) is 50.4 Å². The van der Waals surface area contributed by atoms with E-state index in [-0.39, 0.29) is 0 Å². The summed E-state index contributed by atoms with van der Waals surface area (Å²) in [6.07, 6.45) is 3.43. The van der Waals surface area contributed by atoms with Gasteiger partial charge < -0.3 is 11.1 Å². The first kappa shape index (κ1) is 5.15. The van der Waals surface area contributed by atoms with Crippen LogP contribution in [0, 0.1) is 0 Å². The van der Waals surface area contributed by atoms with Crippen LogP contribution in [0.4, 0.5) is 0 Å². The molecule has 0 fully saturated rings. The van der Waals surface area contributed by atoms with Gasteiger partial charge in [-0.2, -0.15) is 0 Å². The molecule has 0 aromatic carbocycles. The van der Waals surface area contributed by atoms with Crippen LogP contribution in [0.25, 0.3) is 0 Å². The van der Waals surface area contributed by atoms with E-state index >= 15 is 0 Å². The first-order valence-corrected chi connectivity index (χ1v) is 2.58. The highest BCUT2D eigenvalue weighted by Gasteiger charge is 1.87. The van der Waals surface area contributed by atoms with E-state index in [1.165, 1.54) is 0 Å². The molecule has 0 atom stereocenters. The van der Waals surface area contributed by atoms with Gasteiger partial charge in [0.25, 0.3) is 0 Å². The van der Waals surface area contributed by atoms with Gasteiger partial charge in [0.2, 0.25) is 0 Å². The number of rotatable bonds is 0. The maximum absolute atomic E-state index is 5.38. The van der Waals surface area contributed by atoms with Gasteiger partial charge in [-0.1, -0.05) is 0 Å². The number of nitrogens with zero attached hydrogens (tertiary/aromatic N) is 1. The highest BCUT2D eigenvalue weighted by molar-refractivity contribution is 5.77. The van der Waals surface area contributed by atoms with E-state index in [2.05, 4.69) is 10.3 Å². The summed E-state index contributed by atoms with van der Waals surface area (Å²) in [5.41, 5.74) is 6.08. The summed E-state index contributed by atoms with van der Waals surface area (Å²) in [6, 6.07) is 0. The van der Waals surface area contributed by atoms with Crippen molar-refractivity contribution < 1.29 is 0 Å². The molecule has 44 valence electrons. The van der Waals surface area contributed by atoms with Crippen molar-refractivity contribution in [3.63, 3.8) is 0 Å². The van der Waals surface area contributed by atoms with Gasteiger partial charge in [-0.05, 0) is 0 Å². The number of aliphatic imine (C=N–C) groups is 1. The SMILES string of the molecule is NC1=CNCCN=C1. The van der Waals surface area contributed by atoms with Crippen molar-refractivity contribution >= 4 is 6.21 Å². The van der Waals surface area contributed by atoms with Gasteiger partial charge in [0.15, 0.2) is 0 Å². The van der Waals surface area contributed by atoms with Crippen molar-refractivity contribution in [1.29, 1.82) is 0 Å². The van der Waals surface area contributed by atoms with E-state index in [0.29, 0.717) is 5.70 Å². The molecule has 0 saturated heterocycles. The standard InChI is InChI=1S/C5H9N3/c6-5-3-7-1-2-8-4-5/h3-4,7H,1-2,6H2. The smallest absolute Gasteiger partial charge is 0.0655 e. The molecule has 1 aliphatic heterocycles. The molecule has 0 amide bonds. The lowest BCUT2D eigenvalue weighted by atomic mass is 10.5. The molecule has 8 heavy (non-hydrogen) atoms. The largest absolute Gasteiger partial charge is 0.396 e. The molecule has 0 radical (unpaired) electrons. The van der Waals surface area contributed by atoms with Gasteiger partial charge in [-0.25, -0.2) is 0 Å². The molecule has 0 spiro atoms. The van der Waals surface area contributed by atoms with E-state index in [1.807, 2.05) is 0 Å². The third-order valence-electron chi connectivity index (χ3n) is 0.894. The Hall–Kier alpha value is -0.990. The fourth-order valence-corrected chi connectivity index (χ4v) is 0.526. The number of hydrogen-bond acceptors (Lipinski definition) is 3. The van der Waals surface area contributed by atoms with Crippen LogP contribution in [-0.4, -0.2) is 19.3 Å². The van der Waals surface area contributed by atoms with Gasteiger partial charge in [0.1, 0.15) is 0 Å². The molecule has 3 N–H and O–H groups in total. The minimum absolute atomic E-state index is 0.697. The average molecular weight is 111 g/mol. The van der Waals surface area contributed by atoms with E-state index in [4.69, 9.17) is 5.73 Å². The molecule has 1 rings (SSSR count). The second-order valence-corrected chi connectivity index (χ2v) is 1.63. The normalized spacial score (nSPS) is 18.8. The van der Waals surface area contributed by atoms with Crippen molar-refractivity contribution in [2.75, 3.05) is 13.1 Å². The molecule has 0 unspecified atom stereocenters. The van der Waals surface area contributed by atoms with Crippen LogP contribution < -0.4 is 11.1 Å². The number of nitrogens with two attached hydrogens (primary N) is 1. The number of allylic oxidation sites excluding steroid dienone is 1. The van der Waals surface area contributed by atoms with Crippen LogP contribution in [0.1, 0.15) is 0 Å². The highest BCUT2D eigenvalue weighted by Crippen LogP contribution is 1.80. The Morgan fingerprint density at radius 2 is 2.62 bits per heavy atom. The molecular formula is C5H9N3. The minimum atomic E-state index is 0.697. The fourth-order valence-electron chi connectivity index (χ4n) is 0.526. The van der Waals surface area contributed by atoms with Crippen LogP contribution in [0.3, 0.4) is 0 Å². The van der Waals surface area contributed by atoms with Gasteiger partial charge in [0, 0.05) is 19.0 Å². The Bertz CT molecular complexity index is 126. The van der Waals surface area contributed by atoms with Gasteiger partial charge in [0.05, 0.1) is 12.2 Å². The van der Waals surface area contributed by atoms with Crippen LogP contribution in [0.15, 0.2) is 16.9 Å². The molecule has 0 aromatic rings. The summed E-state index contributed by atoms with van der Waals surface area (Å²) in [4.78, 5) is 3.97. The summed E-state index contributed by atoms with van der Waals surface area (Å²) >= 11 is 0. The lowest BCUT2D eigenvalue weighted by Gasteiger charge is -1.90. The number of nitrogens with one attached hydrogen (secondary N) is 1. The maximum atomic E-state index is 5.38. The van der Waals surface area contributed by atoms with E-state index in [1.54, 1.807) is 12.4 Å². The molecular weight excluding hydrogens is 102 g/mol. The van der Waals surface area contributed by atoms with Crippen molar-refractivity contribution in [2.45, 2.75) is 0 Å². The Morgan fingerprint density at radius 1 is 1.75 bits per heavy atom. The summed E-state index contributed by atoms with van der Waals surface area (Å²) in [5, 5.41) is 2.98. The van der Waals surface area contributed by atoms with Crippen LogP contribution in [0.5, 0.6) is 0 Å². The Labute approximate surface area is 48.3 Å². The van der Waals surface area contributed by atoms with Gasteiger partial charge in [-0.15, -0.1) is 0 Å². The zero-order chi connectivity index (χ0) is 5.82. The van der Waals surface area contributed by atoms with E-state index < -0.39 is 0 Å². The molecule has 0 aliphatic carbocycles. The zero-order valence-electron chi connectivity index (χ0n) is 4.59. The van der Waals surface area contributed by atoms with E-state index in [0.717, 1.165) is 13.1 Å². The lowest BCUT2D eigenvalue weighted by molar-refractivity contribution is 0.851. The van der Waals surface area contributed by atoms with Crippen molar-refractivity contribution in [3.8, 4) is 0 Å². The first-order valence-electron chi connectivity index (χ1n) is 2.58. The summed E-state index contributed by atoms with van der Waals surface area (Å²) in [6.45, 7) is 1.70. The molecule has 1 aliphatic rings. The van der Waals surface area contributed by atoms with Gasteiger partial charge in [-0.3, -0.25) is 4.99 Å². The van der Waals surface area contributed by atoms with Crippen molar-refractivity contribution in [2.24, 2.45) is 10.7 Å². The molecule has 3 heteroatoms. The zero-order valence-corrected chi connectivity index (χ0v) is 4.59. The summed E-state index contributed by atoms with van der Waals surface area (Å²) in [7, 11) is 0. The molecule has 3 nitrogen and oxygen atoms in total. The van der Waals surface area contributed by atoms with E-state index in [9.17, 15) is 0 Å². The van der Waals surface area contributed by atoms with Crippen LogP contribution in [-0.2, 0) is 0 Å². The Morgan fingerprint density at radius 3 is 3.50 bits per heavy atom. The Kier molecular flexibility index (Phi) is 1.51. The monoisotopic (exact) mass is 111 g/mol. The third-order valence-corrected chi connectivity index (χ3v) is 0.894. The molecule has 1 heterocycles. The second-order valence-electron chi connectivity index (χ2n) is 1.63. The summed E-state index contributed by atoms with van der Waals surface area (Å²) < 4.78 is 0. The average Bonchev–Trinajstić information content (AvgIpc) is 1.94. The predicted octanol–water partition coefficient (Wildman–Crippen LogP) is -0.540. The second kappa shape index (κ2) is 2.35.